The Bertz CT molecular complexity index is 579. The average Bonchev–Trinajstić information content (AvgIpc) is 2.55. The van der Waals surface area contributed by atoms with Crippen molar-refractivity contribution >= 4 is 17.3 Å². The smallest absolute Gasteiger partial charge is 0.312 e. The summed E-state index contributed by atoms with van der Waals surface area (Å²) in [5.74, 6) is -0.0261. The molecule has 126 valence electrons. The molecule has 23 heavy (non-hydrogen) atoms. The Morgan fingerprint density at radius 1 is 1.39 bits per heavy atom. The van der Waals surface area contributed by atoms with Gasteiger partial charge in [0.15, 0.2) is 5.75 Å². The van der Waals surface area contributed by atoms with Crippen LogP contribution in [0.15, 0.2) is 18.2 Å². The fraction of sp³-hybridized carbons (Fsp3) is 0.533. The summed E-state index contributed by atoms with van der Waals surface area (Å²) in [4.78, 5) is 23.2. The number of nitro groups is 1. The minimum absolute atomic E-state index is 0.154. The Morgan fingerprint density at radius 3 is 2.65 bits per heavy atom. The lowest BCUT2D eigenvalue weighted by molar-refractivity contribution is -0.385. The van der Waals surface area contributed by atoms with E-state index >= 15 is 0 Å². The molecule has 2 rings (SSSR count). The molecule has 8 nitrogen and oxygen atoms in total. The molecule has 0 unspecified atom stereocenters. The Kier molecular flexibility index (Phi) is 5.51. The Balaban J connectivity index is 2.21. The molecule has 1 aliphatic rings. The van der Waals surface area contributed by atoms with E-state index in [-0.39, 0.29) is 17.3 Å². The first-order chi connectivity index (χ1) is 11.0. The normalized spacial score (nSPS) is 16.6. The number of piperidine rings is 1. The van der Waals surface area contributed by atoms with Crippen molar-refractivity contribution in [1.29, 1.82) is 0 Å². The van der Waals surface area contributed by atoms with Crippen LogP contribution >= 0.6 is 0 Å². The van der Waals surface area contributed by atoms with Crippen molar-refractivity contribution < 1.29 is 19.2 Å². The number of nitrogens with one attached hydrogen (secondary N) is 2. The van der Waals surface area contributed by atoms with Crippen molar-refractivity contribution in [3.8, 4) is 5.75 Å². The minimum atomic E-state index is -0.616. The molecule has 0 aliphatic carbocycles. The summed E-state index contributed by atoms with van der Waals surface area (Å²) in [6.07, 6.45) is 1.32. The summed E-state index contributed by atoms with van der Waals surface area (Å²) < 4.78 is 10.2. The maximum absolute atomic E-state index is 12.7. The maximum atomic E-state index is 12.7. The van der Waals surface area contributed by atoms with Gasteiger partial charge < -0.3 is 20.1 Å². The fourth-order valence-electron chi connectivity index (χ4n) is 2.79. The van der Waals surface area contributed by atoms with Crippen LogP contribution in [0.3, 0.4) is 0 Å². The Hall–Kier alpha value is -2.19. The van der Waals surface area contributed by atoms with Gasteiger partial charge >= 0.3 is 5.69 Å². The standard InChI is InChI=1S/C15H21N3O5/c1-22-10-15(5-7-16-8-6-15)14(19)17-11-3-4-13(23-2)12(9-11)18(20)21/h3-4,9,16H,5-8,10H2,1-2H3,(H,17,19). The second-order valence-corrected chi connectivity index (χ2v) is 5.56. The van der Waals surface area contributed by atoms with E-state index < -0.39 is 10.3 Å². The summed E-state index contributed by atoms with van der Waals surface area (Å²) in [5.41, 5.74) is -0.428. The summed E-state index contributed by atoms with van der Waals surface area (Å²) in [7, 11) is 2.93. The highest BCUT2D eigenvalue weighted by Gasteiger charge is 2.39. The number of methoxy groups -OCH3 is 2. The van der Waals surface area contributed by atoms with E-state index in [0.717, 1.165) is 13.1 Å². The van der Waals surface area contributed by atoms with Gasteiger partial charge in [0.05, 0.1) is 24.1 Å². The number of amides is 1. The van der Waals surface area contributed by atoms with Gasteiger partial charge in [-0.1, -0.05) is 0 Å². The van der Waals surface area contributed by atoms with E-state index in [1.165, 1.54) is 19.2 Å². The Morgan fingerprint density at radius 2 is 2.09 bits per heavy atom. The van der Waals surface area contributed by atoms with Gasteiger partial charge in [-0.25, -0.2) is 0 Å². The highest BCUT2D eigenvalue weighted by molar-refractivity contribution is 5.96. The number of benzene rings is 1. The first-order valence-corrected chi connectivity index (χ1v) is 7.36. The number of carbonyl (C=O) groups is 1. The first kappa shape index (κ1) is 17.2. The van der Waals surface area contributed by atoms with Crippen LogP contribution in [-0.2, 0) is 9.53 Å². The lowest BCUT2D eigenvalue weighted by atomic mass is 9.78. The largest absolute Gasteiger partial charge is 0.490 e. The molecule has 0 aromatic heterocycles. The molecule has 2 N–H and O–H groups in total. The molecule has 0 bridgehead atoms. The van der Waals surface area contributed by atoms with Gasteiger partial charge in [0, 0.05) is 18.9 Å². The SMILES string of the molecule is COCC1(C(=O)Nc2ccc(OC)c([N+](=O)[O-])c2)CCNCC1. The topological polar surface area (TPSA) is 103 Å². The highest BCUT2D eigenvalue weighted by Crippen LogP contribution is 2.33. The van der Waals surface area contributed by atoms with Gasteiger partial charge in [-0.15, -0.1) is 0 Å². The Labute approximate surface area is 134 Å². The van der Waals surface area contributed by atoms with Gasteiger partial charge in [-0.2, -0.15) is 0 Å². The molecule has 8 heteroatoms. The number of rotatable bonds is 6. The predicted molar refractivity (Wildman–Crippen MR) is 84.7 cm³/mol. The van der Waals surface area contributed by atoms with E-state index in [1.807, 2.05) is 0 Å². The van der Waals surface area contributed by atoms with E-state index in [9.17, 15) is 14.9 Å². The third-order valence-electron chi connectivity index (χ3n) is 4.10. The molecular weight excluding hydrogens is 302 g/mol. The van der Waals surface area contributed by atoms with E-state index in [1.54, 1.807) is 13.2 Å². The lowest BCUT2D eigenvalue weighted by Crippen LogP contribution is -2.47. The van der Waals surface area contributed by atoms with Crippen LogP contribution in [0.25, 0.3) is 0 Å². The number of nitrogens with zero attached hydrogens (tertiary/aromatic N) is 1. The lowest BCUT2D eigenvalue weighted by Gasteiger charge is -2.35. The average molecular weight is 323 g/mol. The predicted octanol–water partition coefficient (Wildman–Crippen LogP) is 1.56. The molecule has 0 atom stereocenters. The van der Waals surface area contributed by atoms with Gasteiger partial charge in [0.2, 0.25) is 5.91 Å². The van der Waals surface area contributed by atoms with Crippen LogP contribution < -0.4 is 15.4 Å². The minimum Gasteiger partial charge on any atom is -0.490 e. The van der Waals surface area contributed by atoms with Crippen molar-refractivity contribution in [2.75, 3.05) is 39.2 Å². The van der Waals surface area contributed by atoms with Crippen molar-refractivity contribution in [1.82, 2.24) is 5.32 Å². The molecular formula is C15H21N3O5. The third kappa shape index (κ3) is 3.77. The number of ether oxygens (including phenoxy) is 2. The van der Waals surface area contributed by atoms with Crippen LogP contribution in [0.2, 0.25) is 0 Å². The van der Waals surface area contributed by atoms with Crippen LogP contribution in [0.4, 0.5) is 11.4 Å². The van der Waals surface area contributed by atoms with Crippen molar-refractivity contribution in [3.63, 3.8) is 0 Å². The molecule has 1 amide bonds. The molecule has 0 saturated carbocycles. The molecule has 1 fully saturated rings. The van der Waals surface area contributed by atoms with Crippen molar-refractivity contribution in [2.24, 2.45) is 5.41 Å². The van der Waals surface area contributed by atoms with Gasteiger partial charge in [0.25, 0.3) is 0 Å². The number of hydrogen-bond acceptors (Lipinski definition) is 6. The van der Waals surface area contributed by atoms with Crippen LogP contribution in [0.1, 0.15) is 12.8 Å². The fourth-order valence-corrected chi connectivity index (χ4v) is 2.79. The molecule has 1 saturated heterocycles. The van der Waals surface area contributed by atoms with Gasteiger partial charge in [-0.3, -0.25) is 14.9 Å². The zero-order valence-electron chi connectivity index (χ0n) is 13.3. The van der Waals surface area contributed by atoms with Gasteiger partial charge in [-0.05, 0) is 38.1 Å². The zero-order valence-corrected chi connectivity index (χ0v) is 13.3. The summed E-state index contributed by atoms with van der Waals surface area (Å²) in [6.45, 7) is 1.79. The van der Waals surface area contributed by atoms with Gasteiger partial charge in [0.1, 0.15) is 0 Å². The summed E-state index contributed by atoms with van der Waals surface area (Å²) in [6, 6.07) is 4.36. The number of carbonyl (C=O) groups excluding carboxylic acids is 1. The van der Waals surface area contributed by atoms with E-state index in [2.05, 4.69) is 10.6 Å². The molecule has 0 spiro atoms. The summed E-state index contributed by atoms with van der Waals surface area (Å²) in [5, 5.41) is 17.1. The molecule has 1 aromatic rings. The van der Waals surface area contributed by atoms with Crippen LogP contribution in [-0.4, -0.2) is 44.7 Å². The molecule has 1 aliphatic heterocycles. The highest BCUT2D eigenvalue weighted by atomic mass is 16.6. The van der Waals surface area contributed by atoms with E-state index in [4.69, 9.17) is 9.47 Å². The maximum Gasteiger partial charge on any atom is 0.312 e. The number of nitro benzene ring substituents is 1. The van der Waals surface area contributed by atoms with Crippen molar-refractivity contribution in [3.05, 3.63) is 28.3 Å². The van der Waals surface area contributed by atoms with Crippen molar-refractivity contribution in [2.45, 2.75) is 12.8 Å². The third-order valence-corrected chi connectivity index (χ3v) is 4.10. The number of anilines is 1. The molecule has 0 radical (unpaired) electrons. The molecule has 1 heterocycles. The quantitative estimate of drug-likeness (QED) is 0.608. The van der Waals surface area contributed by atoms with Crippen LogP contribution in [0, 0.1) is 15.5 Å². The molecule has 1 aromatic carbocycles. The van der Waals surface area contributed by atoms with E-state index in [0.29, 0.717) is 25.1 Å². The monoisotopic (exact) mass is 323 g/mol. The second kappa shape index (κ2) is 7.38. The van der Waals surface area contributed by atoms with Crippen LogP contribution in [0.5, 0.6) is 5.75 Å². The first-order valence-electron chi connectivity index (χ1n) is 7.36. The zero-order chi connectivity index (χ0) is 16.9. The summed E-state index contributed by atoms with van der Waals surface area (Å²) >= 11 is 0. The second-order valence-electron chi connectivity index (χ2n) is 5.56. The number of hydrogen-bond donors (Lipinski definition) is 2.